The molecule has 0 radical (unpaired) electrons. The average molecular weight is 345 g/mol. The van der Waals surface area contributed by atoms with E-state index in [9.17, 15) is 10.1 Å². The Bertz CT molecular complexity index is 504. The van der Waals surface area contributed by atoms with Crippen LogP contribution in [0.4, 0.5) is 0 Å². The van der Waals surface area contributed by atoms with Crippen LogP contribution in [0.3, 0.4) is 0 Å². The molecule has 9 heteroatoms. The zero-order valence-corrected chi connectivity index (χ0v) is 14.0. The maximum Gasteiger partial charge on any atom is 0.259 e. The van der Waals surface area contributed by atoms with Crippen LogP contribution in [0.2, 0.25) is 5.15 Å². The third kappa shape index (κ3) is 8.44. The van der Waals surface area contributed by atoms with E-state index in [0.717, 1.165) is 5.56 Å². The first kappa shape index (κ1) is 19.3. The SMILES string of the molecule is CCOC(CNC(C[N+](=O)[O-])=NCc1ccc(Cl)nc1)OCC. The van der Waals surface area contributed by atoms with Gasteiger partial charge in [0.25, 0.3) is 6.54 Å². The largest absolute Gasteiger partial charge is 0.363 e. The summed E-state index contributed by atoms with van der Waals surface area (Å²) in [6.07, 6.45) is 1.11. The Kier molecular flexibility index (Phi) is 9.11. The van der Waals surface area contributed by atoms with Crippen molar-refractivity contribution >= 4 is 17.4 Å². The number of nitrogens with zero attached hydrogens (tertiary/aromatic N) is 3. The van der Waals surface area contributed by atoms with E-state index >= 15 is 0 Å². The number of aromatic nitrogens is 1. The van der Waals surface area contributed by atoms with E-state index in [0.29, 0.717) is 18.4 Å². The van der Waals surface area contributed by atoms with Crippen molar-refractivity contribution in [3.05, 3.63) is 39.2 Å². The lowest BCUT2D eigenvalue weighted by molar-refractivity contribution is -0.463. The van der Waals surface area contributed by atoms with Crippen molar-refractivity contribution in [1.29, 1.82) is 0 Å². The molecule has 23 heavy (non-hydrogen) atoms. The number of rotatable bonds is 10. The van der Waals surface area contributed by atoms with Crippen LogP contribution in [0.1, 0.15) is 19.4 Å². The summed E-state index contributed by atoms with van der Waals surface area (Å²) in [7, 11) is 0. The highest BCUT2D eigenvalue weighted by molar-refractivity contribution is 6.29. The molecule has 0 unspecified atom stereocenters. The number of halogens is 1. The van der Waals surface area contributed by atoms with Crippen LogP contribution in [0.15, 0.2) is 23.3 Å². The quantitative estimate of drug-likeness (QED) is 0.174. The van der Waals surface area contributed by atoms with E-state index in [1.54, 1.807) is 18.3 Å². The molecule has 8 nitrogen and oxygen atoms in total. The Labute approximate surface area is 140 Å². The van der Waals surface area contributed by atoms with Crippen molar-refractivity contribution in [3.8, 4) is 0 Å². The first-order valence-corrected chi connectivity index (χ1v) is 7.65. The molecule has 0 saturated heterocycles. The van der Waals surface area contributed by atoms with Gasteiger partial charge in [0.1, 0.15) is 5.15 Å². The Balaban J connectivity index is 2.64. The van der Waals surface area contributed by atoms with Crippen LogP contribution in [0.25, 0.3) is 0 Å². The lowest BCUT2D eigenvalue weighted by Crippen LogP contribution is -2.38. The normalized spacial score (nSPS) is 11.7. The van der Waals surface area contributed by atoms with Gasteiger partial charge in [0.2, 0.25) is 0 Å². The number of amidine groups is 1. The summed E-state index contributed by atoms with van der Waals surface area (Å²) in [5.41, 5.74) is 0.809. The fourth-order valence-corrected chi connectivity index (χ4v) is 1.82. The molecule has 0 atom stereocenters. The standard InChI is InChI=1S/C14H21ClN4O4/c1-3-22-14(23-4-2)9-18-13(10-19(20)21)17-8-11-5-6-12(15)16-7-11/h5-7,14H,3-4,8-10H2,1-2H3,(H,17,18). The Morgan fingerprint density at radius 3 is 2.65 bits per heavy atom. The molecule has 0 amide bonds. The van der Waals surface area contributed by atoms with Gasteiger partial charge in [-0.2, -0.15) is 0 Å². The van der Waals surface area contributed by atoms with Gasteiger partial charge in [0.15, 0.2) is 12.1 Å². The molecule has 0 fully saturated rings. The minimum absolute atomic E-state index is 0.259. The minimum atomic E-state index is -0.473. The third-order valence-electron chi connectivity index (χ3n) is 2.70. The number of pyridine rings is 1. The van der Waals surface area contributed by atoms with Crippen molar-refractivity contribution in [2.75, 3.05) is 26.3 Å². The van der Waals surface area contributed by atoms with Crippen LogP contribution in [-0.4, -0.2) is 48.3 Å². The van der Waals surface area contributed by atoms with E-state index in [-0.39, 0.29) is 18.9 Å². The predicted octanol–water partition coefficient (Wildman–Crippen LogP) is 1.90. The van der Waals surface area contributed by atoms with E-state index in [1.165, 1.54) is 0 Å². The van der Waals surface area contributed by atoms with Crippen LogP contribution >= 0.6 is 11.6 Å². The number of nitrogens with one attached hydrogen (secondary N) is 1. The summed E-state index contributed by atoms with van der Waals surface area (Å²) in [5, 5.41) is 14.1. The molecule has 0 aliphatic heterocycles. The van der Waals surface area contributed by atoms with Gasteiger partial charge in [-0.3, -0.25) is 15.1 Å². The number of hydrogen-bond acceptors (Lipinski definition) is 6. The zero-order chi connectivity index (χ0) is 17.1. The first-order chi connectivity index (χ1) is 11.0. The summed E-state index contributed by atoms with van der Waals surface area (Å²) in [5.74, 6) is 0.259. The lowest BCUT2D eigenvalue weighted by Gasteiger charge is -2.18. The molecule has 1 rings (SSSR count). The van der Waals surface area contributed by atoms with Crippen LogP contribution in [-0.2, 0) is 16.0 Å². The highest BCUT2D eigenvalue weighted by atomic mass is 35.5. The van der Waals surface area contributed by atoms with Gasteiger partial charge in [-0.15, -0.1) is 0 Å². The molecule has 0 aliphatic carbocycles. The van der Waals surface area contributed by atoms with Gasteiger partial charge >= 0.3 is 0 Å². The molecule has 0 aliphatic rings. The summed E-state index contributed by atoms with van der Waals surface area (Å²) in [6, 6.07) is 3.42. The smallest absolute Gasteiger partial charge is 0.259 e. The molecule has 0 aromatic carbocycles. The molecule has 0 spiro atoms. The third-order valence-corrected chi connectivity index (χ3v) is 2.92. The van der Waals surface area contributed by atoms with Gasteiger partial charge in [-0.1, -0.05) is 17.7 Å². The van der Waals surface area contributed by atoms with Gasteiger partial charge in [0.05, 0.1) is 13.1 Å². The molecule has 128 valence electrons. The number of aliphatic imine (C=N–C) groups is 1. The Morgan fingerprint density at radius 2 is 2.13 bits per heavy atom. The highest BCUT2D eigenvalue weighted by Gasteiger charge is 2.12. The number of hydrogen-bond donors (Lipinski definition) is 1. The highest BCUT2D eigenvalue weighted by Crippen LogP contribution is 2.06. The topological polar surface area (TPSA) is 98.9 Å². The van der Waals surface area contributed by atoms with Gasteiger partial charge in [0, 0.05) is 24.3 Å². The van der Waals surface area contributed by atoms with Crippen molar-refractivity contribution in [3.63, 3.8) is 0 Å². The summed E-state index contributed by atoms with van der Waals surface area (Å²) < 4.78 is 10.8. The summed E-state index contributed by atoms with van der Waals surface area (Å²) in [4.78, 5) is 18.5. The average Bonchev–Trinajstić information content (AvgIpc) is 2.51. The minimum Gasteiger partial charge on any atom is -0.363 e. The van der Waals surface area contributed by atoms with E-state index in [4.69, 9.17) is 21.1 Å². The van der Waals surface area contributed by atoms with Crippen molar-refractivity contribution in [1.82, 2.24) is 10.3 Å². The molecular formula is C14H21ClN4O4. The second kappa shape index (κ2) is 10.9. The maximum atomic E-state index is 10.8. The van der Waals surface area contributed by atoms with E-state index in [1.807, 2.05) is 13.8 Å². The summed E-state index contributed by atoms with van der Waals surface area (Å²) in [6.45, 7) is 4.85. The van der Waals surface area contributed by atoms with E-state index in [2.05, 4.69) is 15.3 Å². The fourth-order valence-electron chi connectivity index (χ4n) is 1.71. The maximum absolute atomic E-state index is 10.8. The Hall–Kier alpha value is -1.77. The summed E-state index contributed by atoms with van der Waals surface area (Å²) >= 11 is 5.71. The van der Waals surface area contributed by atoms with E-state index < -0.39 is 17.8 Å². The molecule has 1 aromatic rings. The van der Waals surface area contributed by atoms with Crippen LogP contribution in [0.5, 0.6) is 0 Å². The van der Waals surface area contributed by atoms with Crippen LogP contribution < -0.4 is 5.32 Å². The number of ether oxygens (including phenoxy) is 2. The molecule has 0 bridgehead atoms. The van der Waals surface area contributed by atoms with Gasteiger partial charge in [-0.05, 0) is 25.5 Å². The molecule has 1 N–H and O–H groups in total. The zero-order valence-electron chi connectivity index (χ0n) is 13.2. The van der Waals surface area contributed by atoms with Crippen molar-refractivity contribution in [2.45, 2.75) is 26.7 Å². The molecule has 0 saturated carbocycles. The van der Waals surface area contributed by atoms with Crippen molar-refractivity contribution < 1.29 is 14.4 Å². The second-order valence-electron chi connectivity index (χ2n) is 4.46. The Morgan fingerprint density at radius 1 is 1.43 bits per heavy atom. The van der Waals surface area contributed by atoms with Crippen LogP contribution in [0, 0.1) is 10.1 Å². The monoisotopic (exact) mass is 344 g/mol. The lowest BCUT2D eigenvalue weighted by atomic mass is 10.3. The fraction of sp³-hybridized carbons (Fsp3) is 0.571. The van der Waals surface area contributed by atoms with Crippen molar-refractivity contribution in [2.24, 2.45) is 4.99 Å². The second-order valence-corrected chi connectivity index (χ2v) is 4.85. The van der Waals surface area contributed by atoms with Gasteiger partial charge < -0.3 is 14.8 Å². The molecule has 1 heterocycles. The molecule has 1 aromatic heterocycles. The molecular weight excluding hydrogens is 324 g/mol. The predicted molar refractivity (Wildman–Crippen MR) is 87.3 cm³/mol. The first-order valence-electron chi connectivity index (χ1n) is 7.27. The number of nitro groups is 1. The van der Waals surface area contributed by atoms with Gasteiger partial charge in [-0.25, -0.2) is 4.98 Å².